The summed E-state index contributed by atoms with van der Waals surface area (Å²) in [5.74, 6) is 0.812. The lowest BCUT2D eigenvalue weighted by atomic mass is 10.1. The number of methoxy groups -OCH3 is 1. The Bertz CT molecular complexity index is 575. The number of nitrogens with zero attached hydrogens (tertiary/aromatic N) is 1. The van der Waals surface area contributed by atoms with Crippen LogP contribution in [0, 0.1) is 0 Å². The van der Waals surface area contributed by atoms with Crippen LogP contribution in [0.3, 0.4) is 0 Å². The van der Waals surface area contributed by atoms with E-state index in [-0.39, 0.29) is 6.04 Å². The maximum atomic E-state index is 6.06. The molecule has 1 aromatic heterocycles. The van der Waals surface area contributed by atoms with Gasteiger partial charge in [0, 0.05) is 22.7 Å². The molecule has 19 heavy (non-hydrogen) atoms. The Balaban J connectivity index is 2.43. The zero-order valence-electron chi connectivity index (χ0n) is 10.8. The Hall–Kier alpha value is -1.04. The SMILES string of the molecule is COc1cccc(Sc2ncccc2Br)c1[C@@H](C)N. The van der Waals surface area contributed by atoms with Gasteiger partial charge in [-0.25, -0.2) is 4.98 Å². The quantitative estimate of drug-likeness (QED) is 0.914. The Kier molecular flexibility index (Phi) is 4.85. The van der Waals surface area contributed by atoms with Crippen molar-refractivity contribution in [2.75, 3.05) is 7.11 Å². The Morgan fingerprint density at radius 3 is 2.74 bits per heavy atom. The Morgan fingerprint density at radius 1 is 1.32 bits per heavy atom. The van der Waals surface area contributed by atoms with E-state index in [4.69, 9.17) is 10.5 Å². The van der Waals surface area contributed by atoms with E-state index >= 15 is 0 Å². The van der Waals surface area contributed by atoms with Crippen molar-refractivity contribution in [3.05, 3.63) is 46.6 Å². The molecule has 2 rings (SSSR count). The zero-order chi connectivity index (χ0) is 13.8. The van der Waals surface area contributed by atoms with E-state index in [2.05, 4.69) is 20.9 Å². The van der Waals surface area contributed by atoms with E-state index in [9.17, 15) is 0 Å². The van der Waals surface area contributed by atoms with Crippen molar-refractivity contribution in [1.29, 1.82) is 0 Å². The second kappa shape index (κ2) is 6.41. The van der Waals surface area contributed by atoms with Crippen molar-refractivity contribution in [2.24, 2.45) is 5.73 Å². The van der Waals surface area contributed by atoms with Gasteiger partial charge >= 0.3 is 0 Å². The van der Waals surface area contributed by atoms with Crippen molar-refractivity contribution < 1.29 is 4.74 Å². The number of rotatable bonds is 4. The molecule has 1 atom stereocenters. The van der Waals surface area contributed by atoms with Crippen LogP contribution >= 0.6 is 27.7 Å². The van der Waals surface area contributed by atoms with Crippen LogP contribution in [0.25, 0.3) is 0 Å². The molecular formula is C14H15BrN2OS. The highest BCUT2D eigenvalue weighted by molar-refractivity contribution is 9.10. The number of hydrogen-bond acceptors (Lipinski definition) is 4. The number of benzene rings is 1. The smallest absolute Gasteiger partial charge is 0.124 e. The van der Waals surface area contributed by atoms with Gasteiger partial charge in [0.05, 0.1) is 11.6 Å². The average Bonchev–Trinajstić information content (AvgIpc) is 2.40. The summed E-state index contributed by atoms with van der Waals surface area (Å²) in [5.41, 5.74) is 7.06. The van der Waals surface area contributed by atoms with Gasteiger partial charge in [-0.3, -0.25) is 0 Å². The van der Waals surface area contributed by atoms with Gasteiger partial charge in [-0.05, 0) is 47.1 Å². The van der Waals surface area contributed by atoms with Crippen LogP contribution in [0.1, 0.15) is 18.5 Å². The van der Waals surface area contributed by atoms with Crippen LogP contribution in [-0.4, -0.2) is 12.1 Å². The van der Waals surface area contributed by atoms with E-state index in [0.29, 0.717) is 0 Å². The van der Waals surface area contributed by atoms with Gasteiger partial charge < -0.3 is 10.5 Å². The summed E-state index contributed by atoms with van der Waals surface area (Å²) in [6.07, 6.45) is 1.78. The molecule has 0 aliphatic heterocycles. The lowest BCUT2D eigenvalue weighted by Crippen LogP contribution is -2.08. The van der Waals surface area contributed by atoms with Crippen molar-refractivity contribution in [3.63, 3.8) is 0 Å². The third kappa shape index (κ3) is 3.29. The highest BCUT2D eigenvalue weighted by atomic mass is 79.9. The molecule has 3 nitrogen and oxygen atoms in total. The second-order valence-corrected chi connectivity index (χ2v) is 5.94. The van der Waals surface area contributed by atoms with Gasteiger partial charge in [0.25, 0.3) is 0 Å². The molecule has 100 valence electrons. The maximum absolute atomic E-state index is 6.06. The lowest BCUT2D eigenvalue weighted by Gasteiger charge is -2.16. The van der Waals surface area contributed by atoms with Crippen LogP contribution in [0.2, 0.25) is 0 Å². The lowest BCUT2D eigenvalue weighted by molar-refractivity contribution is 0.405. The fourth-order valence-electron chi connectivity index (χ4n) is 1.79. The minimum Gasteiger partial charge on any atom is -0.496 e. The molecule has 0 unspecified atom stereocenters. The molecule has 0 saturated heterocycles. The summed E-state index contributed by atoms with van der Waals surface area (Å²) < 4.78 is 6.36. The third-order valence-corrected chi connectivity index (χ3v) is 4.63. The van der Waals surface area contributed by atoms with E-state index in [1.165, 1.54) is 0 Å². The minimum atomic E-state index is -0.0962. The van der Waals surface area contributed by atoms with E-state index in [1.54, 1.807) is 25.1 Å². The zero-order valence-corrected chi connectivity index (χ0v) is 13.2. The van der Waals surface area contributed by atoms with E-state index in [0.717, 1.165) is 25.7 Å². The summed E-state index contributed by atoms with van der Waals surface area (Å²) >= 11 is 5.09. The van der Waals surface area contributed by atoms with Gasteiger partial charge in [0.15, 0.2) is 0 Å². The first-order valence-corrected chi connectivity index (χ1v) is 7.45. The van der Waals surface area contributed by atoms with Crippen molar-refractivity contribution in [1.82, 2.24) is 4.98 Å². The standard InChI is InChI=1S/C14H15BrN2OS/c1-9(16)13-11(18-2)6-3-7-12(13)19-14-10(15)5-4-8-17-14/h3-9H,16H2,1-2H3/t9-/m1/s1. The number of hydrogen-bond donors (Lipinski definition) is 1. The molecule has 0 aliphatic carbocycles. The van der Waals surface area contributed by atoms with Gasteiger partial charge in [0.2, 0.25) is 0 Å². The predicted octanol–water partition coefficient (Wildman–Crippen LogP) is 4.02. The first-order valence-electron chi connectivity index (χ1n) is 5.84. The first-order chi connectivity index (χ1) is 9.13. The molecule has 0 bridgehead atoms. The Labute approximate surface area is 125 Å². The van der Waals surface area contributed by atoms with Crippen molar-refractivity contribution in [2.45, 2.75) is 22.9 Å². The highest BCUT2D eigenvalue weighted by Gasteiger charge is 2.15. The fraction of sp³-hybridized carbons (Fsp3) is 0.214. The van der Waals surface area contributed by atoms with Gasteiger partial charge in [0.1, 0.15) is 10.8 Å². The normalized spacial score (nSPS) is 12.2. The molecule has 1 heterocycles. The molecule has 0 fully saturated rings. The monoisotopic (exact) mass is 338 g/mol. The first kappa shape index (κ1) is 14.4. The van der Waals surface area contributed by atoms with Crippen LogP contribution in [-0.2, 0) is 0 Å². The molecule has 0 aliphatic rings. The fourth-order valence-corrected chi connectivity index (χ4v) is 3.32. The molecule has 1 aromatic carbocycles. The topological polar surface area (TPSA) is 48.1 Å². The molecule has 0 saturated carbocycles. The summed E-state index contributed by atoms with van der Waals surface area (Å²) in [5, 5.41) is 0.914. The summed E-state index contributed by atoms with van der Waals surface area (Å²) in [6, 6.07) is 9.70. The van der Waals surface area contributed by atoms with Gasteiger partial charge in [-0.1, -0.05) is 17.8 Å². The molecule has 2 aromatic rings. The summed E-state index contributed by atoms with van der Waals surface area (Å²) in [7, 11) is 1.66. The second-order valence-electron chi connectivity index (χ2n) is 4.05. The van der Waals surface area contributed by atoms with Crippen LogP contribution < -0.4 is 10.5 Å². The molecular weight excluding hydrogens is 324 g/mol. The van der Waals surface area contributed by atoms with Gasteiger partial charge in [-0.2, -0.15) is 0 Å². The average molecular weight is 339 g/mol. The predicted molar refractivity (Wildman–Crippen MR) is 81.7 cm³/mol. The van der Waals surface area contributed by atoms with Crippen LogP contribution in [0.15, 0.2) is 50.9 Å². The number of ether oxygens (including phenoxy) is 1. The number of pyridine rings is 1. The Morgan fingerprint density at radius 2 is 2.11 bits per heavy atom. The largest absolute Gasteiger partial charge is 0.496 e. The van der Waals surface area contributed by atoms with E-state index in [1.807, 2.05) is 37.3 Å². The van der Waals surface area contributed by atoms with Crippen LogP contribution in [0.4, 0.5) is 0 Å². The van der Waals surface area contributed by atoms with Crippen molar-refractivity contribution >= 4 is 27.7 Å². The molecule has 2 N–H and O–H groups in total. The van der Waals surface area contributed by atoms with E-state index < -0.39 is 0 Å². The number of halogens is 1. The number of nitrogens with two attached hydrogens (primary N) is 1. The summed E-state index contributed by atoms with van der Waals surface area (Å²) in [4.78, 5) is 5.43. The molecule has 0 amide bonds. The third-order valence-electron chi connectivity index (χ3n) is 2.63. The van der Waals surface area contributed by atoms with Crippen molar-refractivity contribution in [3.8, 4) is 5.75 Å². The molecule has 5 heteroatoms. The highest BCUT2D eigenvalue weighted by Crippen LogP contribution is 2.39. The minimum absolute atomic E-state index is 0.0962. The maximum Gasteiger partial charge on any atom is 0.124 e. The van der Waals surface area contributed by atoms with Gasteiger partial charge in [-0.15, -0.1) is 0 Å². The number of aromatic nitrogens is 1. The summed E-state index contributed by atoms with van der Waals surface area (Å²) in [6.45, 7) is 1.95. The van der Waals surface area contributed by atoms with Crippen LogP contribution in [0.5, 0.6) is 5.75 Å². The molecule has 0 spiro atoms. The molecule has 0 radical (unpaired) electrons.